The summed E-state index contributed by atoms with van der Waals surface area (Å²) in [6.45, 7) is 4.24. The molecule has 0 heterocycles. The number of benzene rings is 1. The Morgan fingerprint density at radius 2 is 2.00 bits per heavy atom. The van der Waals surface area contributed by atoms with Crippen molar-refractivity contribution in [3.63, 3.8) is 0 Å². The minimum absolute atomic E-state index is 0.128. The van der Waals surface area contributed by atoms with Crippen LogP contribution in [0, 0.1) is 12.3 Å². The van der Waals surface area contributed by atoms with Gasteiger partial charge in [-0.05, 0) is 42.9 Å². The third-order valence-electron chi connectivity index (χ3n) is 4.06. The Morgan fingerprint density at radius 3 is 2.48 bits per heavy atom. The second kappa shape index (κ2) is 5.78. The Bertz CT molecular complexity index is 682. The van der Waals surface area contributed by atoms with Crippen LogP contribution in [0.15, 0.2) is 17.0 Å². The SMILES string of the molecule is Cc1c(Cl)cc(C(=O)NCC2(C)CCC2)cc1S(=O)(=O)Cl. The van der Waals surface area contributed by atoms with Crippen molar-refractivity contribution in [2.24, 2.45) is 5.41 Å². The van der Waals surface area contributed by atoms with Crippen molar-refractivity contribution in [1.29, 1.82) is 0 Å². The summed E-state index contributed by atoms with van der Waals surface area (Å²) in [7, 11) is 1.43. The summed E-state index contributed by atoms with van der Waals surface area (Å²) in [6, 6.07) is 2.73. The number of nitrogens with one attached hydrogen (secondary N) is 1. The van der Waals surface area contributed by atoms with Crippen LogP contribution in [0.1, 0.15) is 42.1 Å². The minimum Gasteiger partial charge on any atom is -0.351 e. The maximum atomic E-state index is 12.2. The molecule has 0 spiro atoms. The standard InChI is InChI=1S/C14H17Cl2NO3S/c1-9-11(15)6-10(7-12(9)21(16,19)20)13(18)17-8-14(2)4-3-5-14/h6-7H,3-5,8H2,1-2H3,(H,17,18). The van der Waals surface area contributed by atoms with Crippen molar-refractivity contribution in [3.8, 4) is 0 Å². The fraction of sp³-hybridized carbons (Fsp3) is 0.500. The molecule has 1 amide bonds. The minimum atomic E-state index is -3.94. The molecule has 0 atom stereocenters. The summed E-state index contributed by atoms with van der Waals surface area (Å²) >= 11 is 5.99. The van der Waals surface area contributed by atoms with Crippen molar-refractivity contribution >= 4 is 37.2 Å². The van der Waals surface area contributed by atoms with Crippen LogP contribution in [0.25, 0.3) is 0 Å². The van der Waals surface area contributed by atoms with E-state index in [4.69, 9.17) is 22.3 Å². The van der Waals surface area contributed by atoms with Crippen LogP contribution in [0.2, 0.25) is 5.02 Å². The smallest absolute Gasteiger partial charge is 0.261 e. The van der Waals surface area contributed by atoms with Gasteiger partial charge in [0, 0.05) is 27.8 Å². The van der Waals surface area contributed by atoms with Gasteiger partial charge < -0.3 is 5.32 Å². The molecule has 0 bridgehead atoms. The molecular formula is C14H17Cl2NO3S. The number of carbonyl (C=O) groups excluding carboxylic acids is 1. The lowest BCUT2D eigenvalue weighted by atomic mass is 9.70. The highest BCUT2D eigenvalue weighted by molar-refractivity contribution is 8.13. The van der Waals surface area contributed by atoms with E-state index in [-0.39, 0.29) is 26.8 Å². The number of halogens is 2. The van der Waals surface area contributed by atoms with E-state index in [1.54, 1.807) is 6.92 Å². The van der Waals surface area contributed by atoms with Crippen molar-refractivity contribution in [3.05, 3.63) is 28.3 Å². The van der Waals surface area contributed by atoms with Gasteiger partial charge >= 0.3 is 0 Å². The topological polar surface area (TPSA) is 63.2 Å². The van der Waals surface area contributed by atoms with Crippen molar-refractivity contribution in [1.82, 2.24) is 5.32 Å². The third kappa shape index (κ3) is 3.71. The largest absolute Gasteiger partial charge is 0.351 e. The average molecular weight is 350 g/mol. The second-order valence-electron chi connectivity index (χ2n) is 5.87. The lowest BCUT2D eigenvalue weighted by molar-refractivity contribution is 0.0890. The number of amides is 1. The first-order chi connectivity index (χ1) is 9.62. The molecule has 0 saturated heterocycles. The third-order valence-corrected chi connectivity index (χ3v) is 5.90. The van der Waals surface area contributed by atoms with Crippen LogP contribution in [-0.4, -0.2) is 20.9 Å². The Kier molecular flexibility index (Phi) is 4.57. The van der Waals surface area contributed by atoms with Crippen LogP contribution in [-0.2, 0) is 9.05 Å². The summed E-state index contributed by atoms with van der Waals surface area (Å²) in [5.41, 5.74) is 0.688. The van der Waals surface area contributed by atoms with E-state index in [0.29, 0.717) is 12.1 Å². The highest BCUT2D eigenvalue weighted by Crippen LogP contribution is 2.39. The van der Waals surface area contributed by atoms with Gasteiger partial charge in [0.05, 0.1) is 4.90 Å². The molecule has 116 valence electrons. The van der Waals surface area contributed by atoms with Gasteiger partial charge in [0.25, 0.3) is 15.0 Å². The quantitative estimate of drug-likeness (QED) is 0.846. The number of carbonyl (C=O) groups is 1. The molecule has 1 fully saturated rings. The van der Waals surface area contributed by atoms with E-state index in [9.17, 15) is 13.2 Å². The van der Waals surface area contributed by atoms with Crippen LogP contribution >= 0.6 is 22.3 Å². The molecule has 2 rings (SSSR count). The van der Waals surface area contributed by atoms with Gasteiger partial charge in [-0.25, -0.2) is 8.42 Å². The van der Waals surface area contributed by atoms with Crippen molar-refractivity contribution in [2.75, 3.05) is 6.54 Å². The fourth-order valence-corrected chi connectivity index (χ4v) is 3.89. The van der Waals surface area contributed by atoms with Gasteiger partial charge in [-0.2, -0.15) is 0 Å². The molecule has 1 saturated carbocycles. The molecule has 7 heteroatoms. The predicted molar refractivity (Wildman–Crippen MR) is 83.5 cm³/mol. The monoisotopic (exact) mass is 349 g/mol. The van der Waals surface area contributed by atoms with E-state index in [0.717, 1.165) is 12.8 Å². The summed E-state index contributed by atoms with van der Waals surface area (Å²) in [5, 5.41) is 3.04. The Hall–Kier alpha value is -0.780. The maximum absolute atomic E-state index is 12.2. The van der Waals surface area contributed by atoms with Crippen LogP contribution in [0.4, 0.5) is 0 Å². The highest BCUT2D eigenvalue weighted by Gasteiger charge is 2.32. The van der Waals surface area contributed by atoms with E-state index >= 15 is 0 Å². The summed E-state index contributed by atoms with van der Waals surface area (Å²) in [5.74, 6) is -0.341. The van der Waals surface area contributed by atoms with E-state index in [1.165, 1.54) is 18.6 Å². The van der Waals surface area contributed by atoms with Crippen LogP contribution < -0.4 is 5.32 Å². The van der Waals surface area contributed by atoms with Gasteiger partial charge in [0.15, 0.2) is 0 Å². The zero-order chi connectivity index (χ0) is 15.8. The summed E-state index contributed by atoms with van der Waals surface area (Å²) < 4.78 is 23.1. The molecule has 0 aliphatic heterocycles. The molecule has 1 aromatic rings. The lowest BCUT2D eigenvalue weighted by Gasteiger charge is -2.38. The number of hydrogen-bond donors (Lipinski definition) is 1. The van der Waals surface area contributed by atoms with E-state index in [1.807, 2.05) is 0 Å². The molecule has 4 nitrogen and oxygen atoms in total. The molecule has 0 aromatic heterocycles. The van der Waals surface area contributed by atoms with Gasteiger partial charge in [0.1, 0.15) is 0 Å². The van der Waals surface area contributed by atoms with Crippen molar-refractivity contribution < 1.29 is 13.2 Å². The Morgan fingerprint density at radius 1 is 1.38 bits per heavy atom. The molecule has 1 aliphatic rings. The van der Waals surface area contributed by atoms with Gasteiger partial charge in [-0.1, -0.05) is 24.9 Å². The molecule has 1 aliphatic carbocycles. The van der Waals surface area contributed by atoms with Gasteiger partial charge in [-0.3, -0.25) is 4.79 Å². The molecule has 1 N–H and O–H groups in total. The van der Waals surface area contributed by atoms with E-state index in [2.05, 4.69) is 12.2 Å². The first-order valence-electron chi connectivity index (χ1n) is 6.65. The van der Waals surface area contributed by atoms with E-state index < -0.39 is 9.05 Å². The molecule has 0 radical (unpaired) electrons. The first-order valence-corrected chi connectivity index (χ1v) is 9.34. The fourth-order valence-electron chi connectivity index (χ4n) is 2.39. The van der Waals surface area contributed by atoms with Gasteiger partial charge in [0.2, 0.25) is 0 Å². The molecule has 0 unspecified atom stereocenters. The normalized spacial score (nSPS) is 17.1. The second-order valence-corrected chi connectivity index (χ2v) is 8.81. The molecule has 1 aromatic carbocycles. The average Bonchev–Trinajstić information content (AvgIpc) is 2.35. The predicted octanol–water partition coefficient (Wildman–Crippen LogP) is 3.50. The van der Waals surface area contributed by atoms with Crippen LogP contribution in [0.5, 0.6) is 0 Å². The Balaban J connectivity index is 2.23. The number of hydrogen-bond acceptors (Lipinski definition) is 3. The summed E-state index contributed by atoms with van der Waals surface area (Å²) in [6.07, 6.45) is 3.35. The molecular weight excluding hydrogens is 333 g/mol. The van der Waals surface area contributed by atoms with Crippen molar-refractivity contribution in [2.45, 2.75) is 38.0 Å². The highest BCUT2D eigenvalue weighted by atomic mass is 35.7. The number of rotatable bonds is 4. The summed E-state index contributed by atoms with van der Waals surface area (Å²) in [4.78, 5) is 12.0. The zero-order valence-corrected chi connectivity index (χ0v) is 14.2. The van der Waals surface area contributed by atoms with Crippen LogP contribution in [0.3, 0.4) is 0 Å². The maximum Gasteiger partial charge on any atom is 0.261 e. The zero-order valence-electron chi connectivity index (χ0n) is 11.9. The molecule has 21 heavy (non-hydrogen) atoms. The first kappa shape index (κ1) is 16.6. The lowest BCUT2D eigenvalue weighted by Crippen LogP contribution is -2.40. The van der Waals surface area contributed by atoms with Gasteiger partial charge in [-0.15, -0.1) is 0 Å². The Labute approximate surface area is 134 Å².